The molecule has 1 amide bonds. The molecule has 6 heteroatoms. The van der Waals surface area contributed by atoms with Crippen LogP contribution in [0.2, 0.25) is 0 Å². The Bertz CT molecular complexity index is 631. The average Bonchev–Trinajstić information content (AvgIpc) is 2.92. The van der Waals surface area contributed by atoms with Crippen molar-refractivity contribution in [2.75, 3.05) is 13.2 Å². The highest BCUT2D eigenvalue weighted by Gasteiger charge is 2.61. The lowest BCUT2D eigenvalue weighted by Crippen LogP contribution is -2.70. The molecule has 3 N–H and O–H groups in total. The smallest absolute Gasteiger partial charge is 0.248 e. The molecule has 0 aromatic heterocycles. The quantitative estimate of drug-likeness (QED) is 0.734. The molecule has 2 fully saturated rings. The summed E-state index contributed by atoms with van der Waals surface area (Å²) in [6.07, 6.45) is 1.80. The van der Waals surface area contributed by atoms with E-state index in [1.54, 1.807) is 6.42 Å². The number of hydrogen-bond acceptors (Lipinski definition) is 5. The van der Waals surface area contributed by atoms with Crippen LogP contribution in [0.15, 0.2) is 30.3 Å². The number of ether oxygens (including phenoxy) is 1. The van der Waals surface area contributed by atoms with Gasteiger partial charge in [-0.1, -0.05) is 30.3 Å². The molecule has 0 bridgehead atoms. The third kappa shape index (κ3) is 2.68. The molecule has 0 saturated carbocycles. The van der Waals surface area contributed by atoms with Gasteiger partial charge in [0.15, 0.2) is 11.3 Å². The Balaban J connectivity index is 1.73. The number of hydrogen-bond donors (Lipinski definition) is 2. The summed E-state index contributed by atoms with van der Waals surface area (Å²) < 4.78 is 5.47. The maximum atomic E-state index is 12.6. The van der Waals surface area contributed by atoms with E-state index in [1.165, 1.54) is 0 Å². The lowest BCUT2D eigenvalue weighted by Gasteiger charge is -2.39. The molecule has 2 aliphatic rings. The topological polar surface area (TPSA) is 98.5 Å². The normalized spacial score (nSPS) is 30.0. The average molecular weight is 315 g/mol. The van der Waals surface area contributed by atoms with E-state index in [1.807, 2.05) is 30.3 Å². The van der Waals surface area contributed by atoms with Gasteiger partial charge in [0, 0.05) is 12.3 Å². The zero-order valence-electron chi connectivity index (χ0n) is 12.7. The van der Waals surface area contributed by atoms with Crippen LogP contribution in [0, 0.1) is 12.3 Å². The number of ketones is 2. The monoisotopic (exact) mass is 315 g/mol. The second kappa shape index (κ2) is 6.22. The molecular weight excluding hydrogens is 296 g/mol. The molecule has 1 aromatic carbocycles. The first kappa shape index (κ1) is 15.8. The van der Waals surface area contributed by atoms with Gasteiger partial charge in [0.05, 0.1) is 0 Å². The number of primary amides is 1. The predicted octanol–water partition coefficient (Wildman–Crippen LogP) is -0.196. The fourth-order valence-corrected chi connectivity index (χ4v) is 3.40. The van der Waals surface area contributed by atoms with Crippen molar-refractivity contribution >= 4 is 17.5 Å². The van der Waals surface area contributed by atoms with Crippen LogP contribution in [0.3, 0.4) is 0 Å². The van der Waals surface area contributed by atoms with Crippen LogP contribution in [0.25, 0.3) is 0 Å². The van der Waals surface area contributed by atoms with Gasteiger partial charge in [-0.3, -0.25) is 19.7 Å². The van der Waals surface area contributed by atoms with Crippen molar-refractivity contribution in [3.63, 3.8) is 0 Å². The number of fused-ring (bicyclic) bond motifs is 1. The summed E-state index contributed by atoms with van der Waals surface area (Å²) in [7, 11) is 0. The van der Waals surface area contributed by atoms with Crippen LogP contribution >= 0.6 is 0 Å². The fraction of sp³-hybridized carbons (Fsp3) is 0.412. The van der Waals surface area contributed by atoms with E-state index in [0.717, 1.165) is 5.56 Å². The largest absolute Gasteiger partial charge is 0.368 e. The summed E-state index contributed by atoms with van der Waals surface area (Å²) in [5.41, 5.74) is 4.91. The Morgan fingerprint density at radius 3 is 2.78 bits per heavy atom. The summed E-state index contributed by atoms with van der Waals surface area (Å²) in [6, 6.07) is 9.62. The maximum absolute atomic E-state index is 12.6. The van der Waals surface area contributed by atoms with Gasteiger partial charge in [0.25, 0.3) is 0 Å². The highest BCUT2D eigenvalue weighted by Crippen LogP contribution is 2.34. The van der Waals surface area contributed by atoms with Crippen LogP contribution in [0.4, 0.5) is 0 Å². The molecular formula is C17H19N2O4. The van der Waals surface area contributed by atoms with Crippen LogP contribution in [-0.2, 0) is 25.5 Å². The van der Waals surface area contributed by atoms with Gasteiger partial charge in [0.2, 0.25) is 5.91 Å². The van der Waals surface area contributed by atoms with E-state index in [-0.39, 0.29) is 12.4 Å². The van der Waals surface area contributed by atoms with E-state index in [0.29, 0.717) is 19.4 Å². The molecule has 3 rings (SSSR count). The van der Waals surface area contributed by atoms with Crippen LogP contribution < -0.4 is 11.1 Å². The summed E-state index contributed by atoms with van der Waals surface area (Å²) in [5, 5.41) is 2.89. The third-order valence-electron chi connectivity index (χ3n) is 4.62. The predicted molar refractivity (Wildman–Crippen MR) is 82.2 cm³/mol. The number of benzene rings is 1. The molecule has 1 radical (unpaired) electrons. The number of nitrogens with two attached hydrogens (primary N) is 1. The van der Waals surface area contributed by atoms with Crippen molar-refractivity contribution in [3.05, 3.63) is 42.3 Å². The number of carbonyl (C=O) groups is 3. The van der Waals surface area contributed by atoms with Crippen molar-refractivity contribution in [2.45, 2.75) is 24.5 Å². The fourth-order valence-electron chi connectivity index (χ4n) is 3.40. The highest BCUT2D eigenvalue weighted by molar-refractivity contribution is 6.13. The molecule has 2 saturated heterocycles. The Hall–Kier alpha value is -2.05. The SMILES string of the molecule is NC(=O)C12NCCC(C(=O)[CH]Cc3ccccc3)C1OCC2=O. The lowest BCUT2D eigenvalue weighted by atomic mass is 9.75. The first-order chi connectivity index (χ1) is 11.1. The molecule has 0 aliphatic carbocycles. The summed E-state index contributed by atoms with van der Waals surface area (Å²) in [5.74, 6) is -1.80. The Kier molecular flexibility index (Phi) is 4.28. The van der Waals surface area contributed by atoms with Crippen LogP contribution in [-0.4, -0.2) is 42.3 Å². The molecule has 3 atom stereocenters. The van der Waals surface area contributed by atoms with Crippen molar-refractivity contribution in [1.82, 2.24) is 5.32 Å². The minimum absolute atomic E-state index is 0.110. The van der Waals surface area contributed by atoms with Crippen LogP contribution in [0.1, 0.15) is 12.0 Å². The number of amides is 1. The van der Waals surface area contributed by atoms with Gasteiger partial charge in [0.1, 0.15) is 18.5 Å². The second-order valence-corrected chi connectivity index (χ2v) is 5.95. The van der Waals surface area contributed by atoms with Gasteiger partial charge in [-0.2, -0.15) is 0 Å². The number of rotatable bonds is 5. The van der Waals surface area contributed by atoms with E-state index in [4.69, 9.17) is 10.5 Å². The molecule has 0 spiro atoms. The Morgan fingerprint density at radius 1 is 1.35 bits per heavy atom. The molecule has 6 nitrogen and oxygen atoms in total. The molecule has 2 aliphatic heterocycles. The van der Waals surface area contributed by atoms with Crippen molar-refractivity contribution in [1.29, 1.82) is 0 Å². The molecule has 23 heavy (non-hydrogen) atoms. The van der Waals surface area contributed by atoms with Gasteiger partial charge in [-0.15, -0.1) is 0 Å². The molecule has 2 heterocycles. The van der Waals surface area contributed by atoms with E-state index >= 15 is 0 Å². The minimum Gasteiger partial charge on any atom is -0.368 e. The van der Waals surface area contributed by atoms with Crippen molar-refractivity contribution in [3.8, 4) is 0 Å². The minimum atomic E-state index is -1.56. The van der Waals surface area contributed by atoms with Crippen LogP contribution in [0.5, 0.6) is 0 Å². The summed E-state index contributed by atoms with van der Waals surface area (Å²) >= 11 is 0. The lowest BCUT2D eigenvalue weighted by molar-refractivity contribution is -0.139. The first-order valence-corrected chi connectivity index (χ1v) is 7.66. The van der Waals surface area contributed by atoms with Crippen molar-refractivity contribution in [2.24, 2.45) is 11.7 Å². The maximum Gasteiger partial charge on any atom is 0.248 e. The number of Topliss-reactive ketones (excluding diaryl/α,β-unsaturated/α-hetero) is 2. The van der Waals surface area contributed by atoms with Gasteiger partial charge in [-0.25, -0.2) is 0 Å². The summed E-state index contributed by atoms with van der Waals surface area (Å²) in [4.78, 5) is 36.5. The third-order valence-corrected chi connectivity index (χ3v) is 4.62. The first-order valence-electron chi connectivity index (χ1n) is 7.66. The summed E-state index contributed by atoms with van der Waals surface area (Å²) in [6.45, 7) is 0.188. The molecule has 1 aromatic rings. The standard InChI is InChI=1S/C17H19N2O4/c18-16(22)17-14(21)10-23-15(17)12(8-9-19-17)13(20)7-6-11-4-2-1-3-5-11/h1-5,7,12,15,19H,6,8-10H2,(H2,18,22). The van der Waals surface area contributed by atoms with Gasteiger partial charge < -0.3 is 10.5 Å². The molecule has 121 valence electrons. The number of nitrogens with one attached hydrogen (secondary N) is 1. The zero-order valence-corrected chi connectivity index (χ0v) is 12.7. The van der Waals surface area contributed by atoms with E-state index in [9.17, 15) is 14.4 Å². The Labute approximate surface area is 134 Å². The Morgan fingerprint density at radius 2 is 2.09 bits per heavy atom. The van der Waals surface area contributed by atoms with E-state index < -0.39 is 29.3 Å². The van der Waals surface area contributed by atoms with Crippen molar-refractivity contribution < 1.29 is 19.1 Å². The van der Waals surface area contributed by atoms with Gasteiger partial charge >= 0.3 is 0 Å². The van der Waals surface area contributed by atoms with E-state index in [2.05, 4.69) is 5.32 Å². The number of piperidine rings is 1. The van der Waals surface area contributed by atoms with Gasteiger partial charge in [-0.05, 0) is 24.9 Å². The number of carbonyl (C=O) groups excluding carboxylic acids is 3. The second-order valence-electron chi connectivity index (χ2n) is 5.95. The molecule has 3 unspecified atom stereocenters. The zero-order chi connectivity index (χ0) is 16.4. The highest BCUT2D eigenvalue weighted by atomic mass is 16.5.